The Hall–Kier alpha value is -0.330. The molecule has 2 rings (SSSR count). The van der Waals surface area contributed by atoms with Crippen LogP contribution >= 0.6 is 0 Å². The molecule has 1 spiro atoms. The van der Waals surface area contributed by atoms with E-state index in [0.29, 0.717) is 0 Å². The van der Waals surface area contributed by atoms with E-state index in [4.69, 9.17) is 0 Å². The van der Waals surface area contributed by atoms with Crippen molar-refractivity contribution in [2.75, 3.05) is 13.1 Å². The molecule has 2 fully saturated rings. The Morgan fingerprint density at radius 2 is 2.14 bits per heavy atom. The zero-order chi connectivity index (χ0) is 10.0. The summed E-state index contributed by atoms with van der Waals surface area (Å²) in [5.41, 5.74) is 0.776. The van der Waals surface area contributed by atoms with E-state index >= 15 is 0 Å². The first kappa shape index (κ1) is 10.2. The average Bonchev–Trinajstić information content (AvgIpc) is 2.35. The van der Waals surface area contributed by atoms with Crippen LogP contribution in [-0.4, -0.2) is 23.9 Å². The molecule has 1 nitrogen and oxygen atoms in total. The van der Waals surface area contributed by atoms with Crippen molar-refractivity contribution < 1.29 is 4.58 Å². The van der Waals surface area contributed by atoms with Gasteiger partial charge in [0.15, 0.2) is 0 Å². The van der Waals surface area contributed by atoms with Gasteiger partial charge in [-0.25, -0.2) is 4.58 Å². The smallest absolute Gasteiger partial charge is 0.145 e. The molecule has 0 amide bonds. The van der Waals surface area contributed by atoms with Crippen LogP contribution in [0.15, 0.2) is 0 Å². The summed E-state index contributed by atoms with van der Waals surface area (Å²) in [7, 11) is 0. The predicted molar refractivity (Wildman–Crippen MR) is 61.0 cm³/mol. The van der Waals surface area contributed by atoms with Gasteiger partial charge in [0.25, 0.3) is 0 Å². The van der Waals surface area contributed by atoms with Crippen molar-refractivity contribution in [1.29, 1.82) is 0 Å². The summed E-state index contributed by atoms with van der Waals surface area (Å²) in [6.45, 7) is 7.17. The first-order valence-corrected chi connectivity index (χ1v) is 6.31. The van der Waals surface area contributed by atoms with Crippen LogP contribution in [0, 0.1) is 11.3 Å². The molecule has 1 atom stereocenters. The molecule has 0 aromatic rings. The summed E-state index contributed by atoms with van der Waals surface area (Å²) in [5.74, 6) is 0.953. The van der Waals surface area contributed by atoms with Gasteiger partial charge in [0.2, 0.25) is 0 Å². The van der Waals surface area contributed by atoms with Gasteiger partial charge in [-0.05, 0) is 31.1 Å². The summed E-state index contributed by atoms with van der Waals surface area (Å²) in [6.07, 6.45) is 11.1. The van der Waals surface area contributed by atoms with Gasteiger partial charge in [-0.15, -0.1) is 0 Å². The lowest BCUT2D eigenvalue weighted by Crippen LogP contribution is -2.31. The summed E-state index contributed by atoms with van der Waals surface area (Å²) >= 11 is 0. The Morgan fingerprint density at radius 3 is 2.64 bits per heavy atom. The molecule has 0 bridgehead atoms. The van der Waals surface area contributed by atoms with Gasteiger partial charge in [-0.1, -0.05) is 13.3 Å². The largest absolute Gasteiger partial charge is 0.240 e. The Kier molecular flexibility index (Phi) is 2.94. The van der Waals surface area contributed by atoms with Crippen LogP contribution in [0.4, 0.5) is 0 Å². The Balaban J connectivity index is 2.06. The van der Waals surface area contributed by atoms with Crippen LogP contribution < -0.4 is 0 Å². The highest BCUT2D eigenvalue weighted by Crippen LogP contribution is 2.50. The van der Waals surface area contributed by atoms with Gasteiger partial charge in [0, 0.05) is 19.3 Å². The van der Waals surface area contributed by atoms with Crippen molar-refractivity contribution in [3.05, 3.63) is 0 Å². The van der Waals surface area contributed by atoms with Gasteiger partial charge in [0.05, 0.1) is 0 Å². The molecule has 0 N–H and O–H groups in total. The fourth-order valence-electron chi connectivity index (χ4n) is 3.22. The minimum absolute atomic E-state index is 0.776. The van der Waals surface area contributed by atoms with Crippen molar-refractivity contribution in [2.24, 2.45) is 11.3 Å². The van der Waals surface area contributed by atoms with Crippen LogP contribution in [0.25, 0.3) is 0 Å². The lowest BCUT2D eigenvalue weighted by Gasteiger charge is -2.41. The second-order valence-corrected chi connectivity index (χ2v) is 5.34. The summed E-state index contributed by atoms with van der Waals surface area (Å²) < 4.78 is 2.54. The minimum atomic E-state index is 0.776. The molecule has 1 heterocycles. The minimum Gasteiger partial charge on any atom is -0.240 e. The van der Waals surface area contributed by atoms with Crippen LogP contribution in [0.2, 0.25) is 0 Å². The maximum atomic E-state index is 2.54. The van der Waals surface area contributed by atoms with E-state index in [1.165, 1.54) is 51.6 Å². The zero-order valence-corrected chi connectivity index (χ0v) is 9.76. The first-order valence-electron chi connectivity index (χ1n) is 6.31. The number of nitrogens with zero attached hydrogens (tertiary/aromatic N) is 1. The SMILES string of the molecule is CC=[N+]1CCC2(CCC2)CC(CC)C1. The van der Waals surface area contributed by atoms with Crippen molar-refractivity contribution >= 4 is 6.21 Å². The predicted octanol–water partition coefficient (Wildman–Crippen LogP) is 3.08. The second-order valence-electron chi connectivity index (χ2n) is 5.34. The van der Waals surface area contributed by atoms with Gasteiger partial charge < -0.3 is 0 Å². The fourth-order valence-corrected chi connectivity index (χ4v) is 3.22. The maximum Gasteiger partial charge on any atom is 0.145 e. The van der Waals surface area contributed by atoms with Crippen LogP contribution in [-0.2, 0) is 0 Å². The molecule has 0 radical (unpaired) electrons. The second kappa shape index (κ2) is 4.04. The number of hydrogen-bond donors (Lipinski definition) is 0. The average molecular weight is 194 g/mol. The zero-order valence-electron chi connectivity index (χ0n) is 9.76. The molecule has 2 aliphatic rings. The molecular weight excluding hydrogens is 170 g/mol. The fraction of sp³-hybridized carbons (Fsp3) is 0.923. The molecule has 1 saturated heterocycles. The molecule has 1 aliphatic carbocycles. The Bertz CT molecular complexity index is 225. The van der Waals surface area contributed by atoms with Crippen molar-refractivity contribution in [1.82, 2.24) is 0 Å². The third-order valence-electron chi connectivity index (χ3n) is 4.50. The molecule has 80 valence electrons. The highest BCUT2D eigenvalue weighted by molar-refractivity contribution is 5.46. The molecule has 0 aromatic carbocycles. The molecule has 1 aliphatic heterocycles. The summed E-state index contributed by atoms with van der Waals surface area (Å²) in [5, 5.41) is 0. The van der Waals surface area contributed by atoms with E-state index in [-0.39, 0.29) is 0 Å². The normalized spacial score (nSPS) is 34.1. The molecule has 0 aromatic heterocycles. The third kappa shape index (κ3) is 1.87. The van der Waals surface area contributed by atoms with E-state index in [0.717, 1.165) is 11.3 Å². The lowest BCUT2D eigenvalue weighted by atomic mass is 9.63. The van der Waals surface area contributed by atoms with Gasteiger partial charge in [0.1, 0.15) is 19.3 Å². The van der Waals surface area contributed by atoms with E-state index in [1.807, 2.05) is 0 Å². The first-order chi connectivity index (χ1) is 6.78. The molecule has 1 saturated carbocycles. The van der Waals surface area contributed by atoms with Crippen molar-refractivity contribution in [3.8, 4) is 0 Å². The van der Waals surface area contributed by atoms with Crippen LogP contribution in [0.3, 0.4) is 0 Å². The monoisotopic (exact) mass is 194 g/mol. The van der Waals surface area contributed by atoms with E-state index < -0.39 is 0 Å². The molecular formula is C13H24N+. The standard InChI is InChI=1S/C13H24N/c1-3-12-10-13(6-5-7-13)8-9-14(4-2)11-12/h4,12H,3,5-11H2,1-2H3/q+1. The molecule has 14 heavy (non-hydrogen) atoms. The van der Waals surface area contributed by atoms with E-state index in [1.54, 1.807) is 0 Å². The van der Waals surface area contributed by atoms with Crippen molar-refractivity contribution in [3.63, 3.8) is 0 Å². The highest BCUT2D eigenvalue weighted by atomic mass is 15.0. The number of rotatable bonds is 1. The third-order valence-corrected chi connectivity index (χ3v) is 4.50. The van der Waals surface area contributed by atoms with E-state index in [9.17, 15) is 0 Å². The number of hydrogen-bond acceptors (Lipinski definition) is 0. The quantitative estimate of drug-likeness (QED) is 0.564. The molecule has 1 unspecified atom stereocenters. The summed E-state index contributed by atoms with van der Waals surface area (Å²) in [4.78, 5) is 0. The highest BCUT2D eigenvalue weighted by Gasteiger charge is 2.41. The Morgan fingerprint density at radius 1 is 1.36 bits per heavy atom. The molecule has 1 heteroatoms. The summed E-state index contributed by atoms with van der Waals surface area (Å²) in [6, 6.07) is 0. The van der Waals surface area contributed by atoms with Crippen molar-refractivity contribution in [2.45, 2.75) is 52.4 Å². The van der Waals surface area contributed by atoms with Crippen LogP contribution in [0.5, 0.6) is 0 Å². The van der Waals surface area contributed by atoms with Gasteiger partial charge >= 0.3 is 0 Å². The van der Waals surface area contributed by atoms with Gasteiger partial charge in [-0.3, -0.25) is 0 Å². The van der Waals surface area contributed by atoms with Crippen LogP contribution in [0.1, 0.15) is 52.4 Å². The topological polar surface area (TPSA) is 3.01 Å². The van der Waals surface area contributed by atoms with E-state index in [2.05, 4.69) is 24.6 Å². The van der Waals surface area contributed by atoms with Gasteiger partial charge in [-0.2, -0.15) is 0 Å². The Labute approximate surface area is 88.2 Å². The lowest BCUT2D eigenvalue weighted by molar-refractivity contribution is -0.529. The maximum absolute atomic E-state index is 2.54.